The normalized spacial score (nSPS) is 11.5. The second-order valence-electron chi connectivity index (χ2n) is 5.84. The van der Waals surface area contributed by atoms with Crippen LogP contribution in [0.2, 0.25) is 0 Å². The molecule has 0 amide bonds. The fraction of sp³-hybridized carbons (Fsp3) is 0.562. The number of hydrogen-bond donors (Lipinski definition) is 1. The number of hydrogen-bond acceptors (Lipinski definition) is 3. The maximum absolute atomic E-state index is 11.6. The Labute approximate surface area is 116 Å². The first kappa shape index (κ1) is 15.7. The highest BCUT2D eigenvalue weighted by atomic mass is 16.5. The summed E-state index contributed by atoms with van der Waals surface area (Å²) in [6.45, 7) is 11.5. The molecule has 0 atom stereocenters. The maximum atomic E-state index is 11.6. The molecule has 3 nitrogen and oxygen atoms in total. The minimum Gasteiger partial charge on any atom is -0.469 e. The summed E-state index contributed by atoms with van der Waals surface area (Å²) < 4.78 is 4.80. The van der Waals surface area contributed by atoms with Gasteiger partial charge in [0.2, 0.25) is 0 Å². The van der Waals surface area contributed by atoms with Gasteiger partial charge in [-0.1, -0.05) is 12.1 Å². The van der Waals surface area contributed by atoms with Crippen molar-refractivity contribution in [3.05, 3.63) is 34.4 Å². The van der Waals surface area contributed by atoms with Crippen LogP contribution in [0, 0.1) is 26.2 Å². The van der Waals surface area contributed by atoms with Gasteiger partial charge in [0, 0.05) is 13.1 Å². The van der Waals surface area contributed by atoms with Gasteiger partial charge in [-0.2, -0.15) is 0 Å². The molecule has 0 aliphatic rings. The second kappa shape index (κ2) is 6.20. The molecule has 0 radical (unpaired) electrons. The molecular formula is C16H25NO2. The van der Waals surface area contributed by atoms with Gasteiger partial charge < -0.3 is 10.1 Å². The quantitative estimate of drug-likeness (QED) is 0.830. The third-order valence-electron chi connectivity index (χ3n) is 3.57. The number of rotatable bonds is 5. The van der Waals surface area contributed by atoms with Gasteiger partial charge in [0.05, 0.1) is 12.5 Å². The van der Waals surface area contributed by atoms with Gasteiger partial charge in [-0.25, -0.2) is 0 Å². The first-order chi connectivity index (χ1) is 8.77. The van der Waals surface area contributed by atoms with Crippen molar-refractivity contribution in [2.75, 3.05) is 13.7 Å². The van der Waals surface area contributed by atoms with Crippen LogP contribution in [0.3, 0.4) is 0 Å². The summed E-state index contributed by atoms with van der Waals surface area (Å²) in [5.41, 5.74) is 4.68. The third kappa shape index (κ3) is 4.06. The van der Waals surface area contributed by atoms with Crippen LogP contribution in [0.4, 0.5) is 0 Å². The molecule has 0 bridgehead atoms. The lowest BCUT2D eigenvalue weighted by Crippen LogP contribution is -2.36. The summed E-state index contributed by atoms with van der Waals surface area (Å²) in [5, 5.41) is 3.34. The fourth-order valence-electron chi connectivity index (χ4n) is 2.07. The SMILES string of the molecule is COC(=O)C(C)(C)CNCc1cc(C)c(C)cc1C. The van der Waals surface area contributed by atoms with E-state index in [0.29, 0.717) is 6.54 Å². The van der Waals surface area contributed by atoms with Crippen molar-refractivity contribution < 1.29 is 9.53 Å². The van der Waals surface area contributed by atoms with Gasteiger partial charge in [0.1, 0.15) is 0 Å². The van der Waals surface area contributed by atoms with E-state index in [9.17, 15) is 4.79 Å². The monoisotopic (exact) mass is 263 g/mol. The smallest absolute Gasteiger partial charge is 0.312 e. The molecule has 3 heteroatoms. The highest BCUT2D eigenvalue weighted by Gasteiger charge is 2.27. The predicted octanol–water partition coefficient (Wildman–Crippen LogP) is 2.90. The summed E-state index contributed by atoms with van der Waals surface area (Å²) in [4.78, 5) is 11.6. The van der Waals surface area contributed by atoms with Gasteiger partial charge >= 0.3 is 5.97 Å². The molecule has 19 heavy (non-hydrogen) atoms. The molecule has 0 unspecified atom stereocenters. The highest BCUT2D eigenvalue weighted by Crippen LogP contribution is 2.18. The van der Waals surface area contributed by atoms with Gasteiger partial charge in [-0.05, 0) is 56.9 Å². The molecule has 0 aliphatic carbocycles. The van der Waals surface area contributed by atoms with Crippen molar-refractivity contribution in [3.63, 3.8) is 0 Å². The van der Waals surface area contributed by atoms with E-state index in [0.717, 1.165) is 6.54 Å². The highest BCUT2D eigenvalue weighted by molar-refractivity contribution is 5.76. The minimum absolute atomic E-state index is 0.184. The molecule has 1 N–H and O–H groups in total. The van der Waals surface area contributed by atoms with Crippen LogP contribution in [0.5, 0.6) is 0 Å². The summed E-state index contributed by atoms with van der Waals surface area (Å²) in [5.74, 6) is -0.184. The number of esters is 1. The molecule has 0 heterocycles. The van der Waals surface area contributed by atoms with E-state index < -0.39 is 5.41 Å². The van der Waals surface area contributed by atoms with Gasteiger partial charge in [-0.15, -0.1) is 0 Å². The Morgan fingerprint density at radius 2 is 1.74 bits per heavy atom. The van der Waals surface area contributed by atoms with Gasteiger partial charge in [-0.3, -0.25) is 4.79 Å². The summed E-state index contributed by atoms with van der Waals surface area (Å²) in [6.07, 6.45) is 0. The lowest BCUT2D eigenvalue weighted by molar-refractivity contribution is -0.150. The largest absolute Gasteiger partial charge is 0.469 e. The van der Waals surface area contributed by atoms with Crippen molar-refractivity contribution in [2.24, 2.45) is 5.41 Å². The second-order valence-corrected chi connectivity index (χ2v) is 5.84. The number of benzene rings is 1. The van der Waals surface area contributed by atoms with E-state index in [4.69, 9.17) is 4.74 Å². The third-order valence-corrected chi connectivity index (χ3v) is 3.57. The Morgan fingerprint density at radius 1 is 1.16 bits per heavy atom. The van der Waals surface area contributed by atoms with Gasteiger partial charge in [0.25, 0.3) is 0 Å². The van der Waals surface area contributed by atoms with E-state index in [-0.39, 0.29) is 5.97 Å². The average molecular weight is 263 g/mol. The first-order valence-corrected chi connectivity index (χ1v) is 6.64. The molecule has 0 aromatic heterocycles. The molecule has 1 aromatic rings. The Balaban J connectivity index is 2.64. The standard InChI is InChI=1S/C16H25NO2/c1-11-7-13(3)14(8-12(11)2)9-17-10-16(4,5)15(18)19-6/h7-8,17H,9-10H2,1-6H3. The Morgan fingerprint density at radius 3 is 2.32 bits per heavy atom. The zero-order valence-electron chi connectivity index (χ0n) is 12.9. The van der Waals surface area contributed by atoms with Crippen LogP contribution in [0.15, 0.2) is 12.1 Å². The van der Waals surface area contributed by atoms with Crippen molar-refractivity contribution in [3.8, 4) is 0 Å². The first-order valence-electron chi connectivity index (χ1n) is 6.64. The molecular weight excluding hydrogens is 238 g/mol. The lowest BCUT2D eigenvalue weighted by Gasteiger charge is -2.22. The van der Waals surface area contributed by atoms with E-state index in [1.54, 1.807) is 0 Å². The van der Waals surface area contributed by atoms with Crippen LogP contribution in [0.1, 0.15) is 36.1 Å². The molecule has 0 saturated carbocycles. The number of carbonyl (C=O) groups excluding carboxylic acids is 1. The molecule has 106 valence electrons. The maximum Gasteiger partial charge on any atom is 0.312 e. The predicted molar refractivity (Wildman–Crippen MR) is 78.2 cm³/mol. The molecule has 1 aromatic carbocycles. The number of nitrogens with one attached hydrogen (secondary N) is 1. The van der Waals surface area contributed by atoms with Crippen molar-refractivity contribution in [1.29, 1.82) is 0 Å². The summed E-state index contributed by atoms with van der Waals surface area (Å²) >= 11 is 0. The number of methoxy groups -OCH3 is 1. The Kier molecular flexibility index (Phi) is 5.12. The summed E-state index contributed by atoms with van der Waals surface area (Å²) in [6, 6.07) is 4.42. The molecule has 1 rings (SSSR count). The van der Waals surface area contributed by atoms with Crippen LogP contribution >= 0.6 is 0 Å². The fourth-order valence-corrected chi connectivity index (χ4v) is 2.07. The number of ether oxygens (including phenoxy) is 1. The van der Waals surface area contributed by atoms with Crippen LogP contribution in [-0.4, -0.2) is 19.6 Å². The zero-order valence-corrected chi connectivity index (χ0v) is 12.9. The molecule has 0 saturated heterocycles. The molecule has 0 spiro atoms. The topological polar surface area (TPSA) is 38.3 Å². The Bertz CT molecular complexity index is 464. The molecule has 0 aliphatic heterocycles. The summed E-state index contributed by atoms with van der Waals surface area (Å²) in [7, 11) is 1.43. The molecule has 0 fully saturated rings. The van der Waals surface area contributed by atoms with Crippen molar-refractivity contribution in [2.45, 2.75) is 41.2 Å². The minimum atomic E-state index is -0.498. The Hall–Kier alpha value is -1.35. The van der Waals surface area contributed by atoms with E-state index in [2.05, 4.69) is 38.2 Å². The van der Waals surface area contributed by atoms with E-state index >= 15 is 0 Å². The van der Waals surface area contributed by atoms with E-state index in [1.807, 2.05) is 13.8 Å². The van der Waals surface area contributed by atoms with Crippen LogP contribution in [-0.2, 0) is 16.1 Å². The van der Waals surface area contributed by atoms with Crippen LogP contribution < -0.4 is 5.32 Å². The van der Waals surface area contributed by atoms with E-state index in [1.165, 1.54) is 29.4 Å². The average Bonchev–Trinajstić information content (AvgIpc) is 2.34. The van der Waals surface area contributed by atoms with Gasteiger partial charge in [0.15, 0.2) is 0 Å². The zero-order chi connectivity index (χ0) is 14.6. The van der Waals surface area contributed by atoms with Crippen molar-refractivity contribution >= 4 is 5.97 Å². The number of aryl methyl sites for hydroxylation is 3. The van der Waals surface area contributed by atoms with Crippen LogP contribution in [0.25, 0.3) is 0 Å². The number of carbonyl (C=O) groups is 1. The van der Waals surface area contributed by atoms with Crippen molar-refractivity contribution in [1.82, 2.24) is 5.32 Å². The lowest BCUT2D eigenvalue weighted by atomic mass is 9.93.